The molecule has 5 nitrogen and oxygen atoms in total. The second-order valence-corrected chi connectivity index (χ2v) is 6.91. The number of nitrogens with one attached hydrogen (secondary N) is 2. The van der Waals surface area contributed by atoms with Crippen molar-refractivity contribution in [1.82, 2.24) is 10.3 Å². The quantitative estimate of drug-likeness (QED) is 0.691. The van der Waals surface area contributed by atoms with Gasteiger partial charge in [0.25, 0.3) is 0 Å². The number of hydrogen-bond acceptors (Lipinski definition) is 3. The van der Waals surface area contributed by atoms with Crippen LogP contribution in [-0.4, -0.2) is 24.1 Å². The molecule has 1 aliphatic rings. The van der Waals surface area contributed by atoms with E-state index in [0.717, 1.165) is 35.4 Å². The lowest BCUT2D eigenvalue weighted by molar-refractivity contribution is -0.121. The highest BCUT2D eigenvalue weighted by molar-refractivity contribution is 5.83. The summed E-state index contributed by atoms with van der Waals surface area (Å²) in [7, 11) is 0. The minimum Gasteiger partial charge on any atom is -0.486 e. The number of hydrogen-bond donors (Lipinski definition) is 2. The molecule has 0 saturated heterocycles. The largest absolute Gasteiger partial charge is 0.486 e. The van der Waals surface area contributed by atoms with Gasteiger partial charge < -0.3 is 19.8 Å². The number of benzene rings is 2. The molecule has 1 unspecified atom stereocenters. The zero-order valence-electron chi connectivity index (χ0n) is 15.5. The van der Waals surface area contributed by atoms with Crippen LogP contribution in [0.3, 0.4) is 0 Å². The van der Waals surface area contributed by atoms with Crippen LogP contribution in [0.1, 0.15) is 36.9 Å². The minimum absolute atomic E-state index is 0.0669. The topological polar surface area (TPSA) is 63.4 Å². The third-order valence-electron chi connectivity index (χ3n) is 4.97. The van der Waals surface area contributed by atoms with Crippen LogP contribution < -0.4 is 14.8 Å². The van der Waals surface area contributed by atoms with Crippen LogP contribution in [0.5, 0.6) is 11.5 Å². The molecule has 5 heteroatoms. The molecule has 0 saturated carbocycles. The molecule has 0 bridgehead atoms. The zero-order chi connectivity index (χ0) is 18.6. The smallest absolute Gasteiger partial charge is 0.220 e. The highest BCUT2D eigenvalue weighted by Crippen LogP contribution is 2.32. The molecule has 0 fully saturated rings. The molecular weight excluding hydrogens is 340 g/mol. The van der Waals surface area contributed by atoms with E-state index in [1.54, 1.807) is 0 Å². The summed E-state index contributed by atoms with van der Waals surface area (Å²) < 4.78 is 11.2. The van der Waals surface area contributed by atoms with Crippen molar-refractivity contribution in [3.05, 3.63) is 59.8 Å². The highest BCUT2D eigenvalue weighted by atomic mass is 16.6. The van der Waals surface area contributed by atoms with Crippen molar-refractivity contribution < 1.29 is 14.3 Å². The predicted molar refractivity (Wildman–Crippen MR) is 105 cm³/mol. The number of amides is 1. The first-order valence-electron chi connectivity index (χ1n) is 9.44. The molecule has 0 radical (unpaired) electrons. The van der Waals surface area contributed by atoms with Crippen LogP contribution in [0, 0.1) is 0 Å². The molecule has 2 aromatic carbocycles. The standard InChI is InChI=1S/C22H24N2O3/c1-15(16-9-10-20-21(13-16)27-12-11-26-20)24-22(25)8-4-5-17-14-23-19-7-3-2-6-18(17)19/h2-3,6-7,9-10,13-15,23H,4-5,8,11-12H2,1H3,(H,24,25). The van der Waals surface area contributed by atoms with Gasteiger partial charge in [-0.15, -0.1) is 0 Å². The molecule has 4 rings (SSSR count). The van der Waals surface area contributed by atoms with E-state index in [9.17, 15) is 4.79 Å². The summed E-state index contributed by atoms with van der Waals surface area (Å²) in [5.41, 5.74) is 3.42. The van der Waals surface area contributed by atoms with Crippen molar-refractivity contribution in [2.45, 2.75) is 32.2 Å². The van der Waals surface area contributed by atoms with E-state index in [1.807, 2.05) is 43.5 Å². The molecule has 1 amide bonds. The fourth-order valence-electron chi connectivity index (χ4n) is 3.50. The van der Waals surface area contributed by atoms with Gasteiger partial charge in [0.15, 0.2) is 11.5 Å². The molecule has 3 aromatic rings. The number of carbonyl (C=O) groups excluding carboxylic acids is 1. The summed E-state index contributed by atoms with van der Waals surface area (Å²) in [6.07, 6.45) is 4.26. The van der Waals surface area contributed by atoms with E-state index in [0.29, 0.717) is 19.6 Å². The number of para-hydroxylation sites is 1. The van der Waals surface area contributed by atoms with Gasteiger partial charge in [-0.25, -0.2) is 0 Å². The van der Waals surface area contributed by atoms with Crippen LogP contribution in [-0.2, 0) is 11.2 Å². The first-order valence-corrected chi connectivity index (χ1v) is 9.44. The molecule has 0 spiro atoms. The zero-order valence-corrected chi connectivity index (χ0v) is 15.5. The summed E-state index contributed by atoms with van der Waals surface area (Å²) in [4.78, 5) is 15.6. The normalized spacial score (nSPS) is 14.1. The average Bonchev–Trinajstić information content (AvgIpc) is 3.11. The van der Waals surface area contributed by atoms with E-state index in [1.165, 1.54) is 10.9 Å². The van der Waals surface area contributed by atoms with Crippen LogP contribution in [0.25, 0.3) is 10.9 Å². The lowest BCUT2D eigenvalue weighted by Gasteiger charge is -2.21. The Morgan fingerprint density at radius 3 is 2.85 bits per heavy atom. The van der Waals surface area contributed by atoms with Gasteiger partial charge in [-0.2, -0.15) is 0 Å². The Bertz CT molecular complexity index is 948. The van der Waals surface area contributed by atoms with E-state index in [2.05, 4.69) is 22.4 Å². The summed E-state index contributed by atoms with van der Waals surface area (Å²) in [5.74, 6) is 1.58. The second-order valence-electron chi connectivity index (χ2n) is 6.91. The molecule has 1 atom stereocenters. The Morgan fingerprint density at radius 1 is 1.15 bits per heavy atom. The van der Waals surface area contributed by atoms with Gasteiger partial charge in [-0.05, 0) is 49.1 Å². The van der Waals surface area contributed by atoms with Gasteiger partial charge in [0, 0.05) is 23.5 Å². The van der Waals surface area contributed by atoms with Crippen molar-refractivity contribution >= 4 is 16.8 Å². The monoisotopic (exact) mass is 364 g/mol. The van der Waals surface area contributed by atoms with Gasteiger partial charge in [0.1, 0.15) is 13.2 Å². The van der Waals surface area contributed by atoms with Crippen LogP contribution >= 0.6 is 0 Å². The number of aromatic amines is 1. The molecule has 1 aliphatic heterocycles. The van der Waals surface area contributed by atoms with E-state index in [4.69, 9.17) is 9.47 Å². The Morgan fingerprint density at radius 2 is 1.96 bits per heavy atom. The van der Waals surface area contributed by atoms with Crippen LogP contribution in [0.4, 0.5) is 0 Å². The van der Waals surface area contributed by atoms with Crippen molar-refractivity contribution in [3.8, 4) is 11.5 Å². The SMILES string of the molecule is CC(NC(=O)CCCc1c[nH]c2ccccc12)c1ccc2c(c1)OCCO2. The lowest BCUT2D eigenvalue weighted by Crippen LogP contribution is -2.26. The van der Waals surface area contributed by atoms with Gasteiger partial charge in [0.05, 0.1) is 6.04 Å². The van der Waals surface area contributed by atoms with Crippen molar-refractivity contribution in [2.75, 3.05) is 13.2 Å². The molecule has 2 heterocycles. The van der Waals surface area contributed by atoms with Gasteiger partial charge in [0.2, 0.25) is 5.91 Å². The van der Waals surface area contributed by atoms with Crippen LogP contribution in [0.2, 0.25) is 0 Å². The molecular formula is C22H24N2O3. The van der Waals surface area contributed by atoms with Gasteiger partial charge >= 0.3 is 0 Å². The van der Waals surface area contributed by atoms with E-state index in [-0.39, 0.29) is 11.9 Å². The number of aromatic nitrogens is 1. The average molecular weight is 364 g/mol. The first kappa shape index (κ1) is 17.5. The Labute approximate surface area is 158 Å². The van der Waals surface area contributed by atoms with Crippen molar-refractivity contribution in [1.29, 1.82) is 0 Å². The molecule has 27 heavy (non-hydrogen) atoms. The number of H-pyrrole nitrogens is 1. The number of carbonyl (C=O) groups is 1. The van der Waals surface area contributed by atoms with Crippen molar-refractivity contribution in [3.63, 3.8) is 0 Å². The lowest BCUT2D eigenvalue weighted by atomic mass is 10.1. The third-order valence-corrected chi connectivity index (χ3v) is 4.97. The predicted octanol–water partition coefficient (Wildman–Crippen LogP) is 4.14. The Hall–Kier alpha value is -2.95. The fraction of sp³-hybridized carbons (Fsp3) is 0.318. The number of rotatable bonds is 6. The number of aryl methyl sites for hydroxylation is 1. The van der Waals surface area contributed by atoms with E-state index >= 15 is 0 Å². The maximum Gasteiger partial charge on any atom is 0.220 e. The maximum absolute atomic E-state index is 12.3. The third kappa shape index (κ3) is 3.92. The summed E-state index contributed by atoms with van der Waals surface area (Å²) in [5, 5.41) is 4.32. The molecule has 140 valence electrons. The van der Waals surface area contributed by atoms with Crippen molar-refractivity contribution in [2.24, 2.45) is 0 Å². The maximum atomic E-state index is 12.3. The highest BCUT2D eigenvalue weighted by Gasteiger charge is 2.16. The minimum atomic E-state index is -0.0681. The first-order chi connectivity index (χ1) is 13.2. The van der Waals surface area contributed by atoms with Gasteiger partial charge in [-0.3, -0.25) is 4.79 Å². The van der Waals surface area contributed by atoms with E-state index < -0.39 is 0 Å². The molecule has 0 aliphatic carbocycles. The Kier molecular flexibility index (Phi) is 5.01. The summed E-state index contributed by atoms with van der Waals surface area (Å²) >= 11 is 0. The fourth-order valence-corrected chi connectivity index (χ4v) is 3.50. The van der Waals surface area contributed by atoms with Crippen LogP contribution in [0.15, 0.2) is 48.7 Å². The number of ether oxygens (including phenoxy) is 2. The molecule has 2 N–H and O–H groups in total. The number of fused-ring (bicyclic) bond motifs is 2. The summed E-state index contributed by atoms with van der Waals surface area (Å²) in [6, 6.07) is 14.0. The second kappa shape index (κ2) is 7.74. The van der Waals surface area contributed by atoms with Gasteiger partial charge in [-0.1, -0.05) is 24.3 Å². The molecule has 1 aromatic heterocycles. The Balaban J connectivity index is 1.30. The summed E-state index contributed by atoms with van der Waals surface area (Å²) in [6.45, 7) is 3.13.